The minimum absolute atomic E-state index is 0.135. The first kappa shape index (κ1) is 16.5. The SMILES string of the molecule is CON=CC(=O)N(C)c1ccccc1COc1ccccc1F. The normalized spacial score (nSPS) is 10.6. The molecule has 0 aromatic heterocycles. The molecule has 1 amide bonds. The molecule has 120 valence electrons. The molecular weight excluding hydrogens is 299 g/mol. The van der Waals surface area contributed by atoms with Gasteiger partial charge in [-0.15, -0.1) is 0 Å². The van der Waals surface area contributed by atoms with Crippen LogP contribution in [0.5, 0.6) is 5.75 Å². The first-order chi connectivity index (χ1) is 11.1. The molecule has 0 bridgehead atoms. The Morgan fingerprint density at radius 1 is 1.22 bits per heavy atom. The highest BCUT2D eigenvalue weighted by molar-refractivity contribution is 6.32. The van der Waals surface area contributed by atoms with Gasteiger partial charge in [0.25, 0.3) is 5.91 Å². The van der Waals surface area contributed by atoms with Crippen LogP contribution in [-0.2, 0) is 16.2 Å². The Balaban J connectivity index is 2.16. The fraction of sp³-hybridized carbons (Fsp3) is 0.176. The third kappa shape index (κ3) is 4.29. The lowest BCUT2D eigenvalue weighted by Gasteiger charge is -2.19. The maximum atomic E-state index is 13.6. The molecule has 2 aromatic rings. The summed E-state index contributed by atoms with van der Waals surface area (Å²) in [6.07, 6.45) is 1.08. The second-order valence-electron chi connectivity index (χ2n) is 4.66. The van der Waals surface area contributed by atoms with Crippen LogP contribution >= 0.6 is 0 Å². The third-order valence-corrected chi connectivity index (χ3v) is 3.17. The topological polar surface area (TPSA) is 51.1 Å². The number of carbonyl (C=O) groups is 1. The molecule has 23 heavy (non-hydrogen) atoms. The minimum Gasteiger partial charge on any atom is -0.486 e. The zero-order valence-corrected chi connectivity index (χ0v) is 12.9. The lowest BCUT2D eigenvalue weighted by Crippen LogP contribution is -2.28. The summed E-state index contributed by atoms with van der Waals surface area (Å²) in [5.41, 5.74) is 1.40. The van der Waals surface area contributed by atoms with Gasteiger partial charge < -0.3 is 14.5 Å². The maximum absolute atomic E-state index is 13.6. The predicted molar refractivity (Wildman–Crippen MR) is 86.1 cm³/mol. The number of anilines is 1. The van der Waals surface area contributed by atoms with E-state index in [1.54, 1.807) is 37.4 Å². The van der Waals surface area contributed by atoms with Crippen molar-refractivity contribution in [3.8, 4) is 5.75 Å². The standard InChI is InChI=1S/C17H17FN2O3/c1-20(17(21)11-19-22-2)15-9-5-3-7-13(15)12-23-16-10-6-4-8-14(16)18/h3-11H,12H2,1-2H3. The van der Waals surface area contributed by atoms with Gasteiger partial charge in [0.2, 0.25) is 0 Å². The lowest BCUT2D eigenvalue weighted by atomic mass is 10.1. The number of hydrogen-bond acceptors (Lipinski definition) is 4. The van der Waals surface area contributed by atoms with E-state index < -0.39 is 5.82 Å². The number of rotatable bonds is 6. The maximum Gasteiger partial charge on any atom is 0.272 e. The lowest BCUT2D eigenvalue weighted by molar-refractivity contribution is -0.112. The number of oxime groups is 1. The zero-order chi connectivity index (χ0) is 16.7. The molecule has 0 spiro atoms. The summed E-state index contributed by atoms with van der Waals surface area (Å²) in [6, 6.07) is 13.4. The monoisotopic (exact) mass is 316 g/mol. The fourth-order valence-corrected chi connectivity index (χ4v) is 1.98. The van der Waals surface area contributed by atoms with Gasteiger partial charge in [0.1, 0.15) is 19.9 Å². The van der Waals surface area contributed by atoms with E-state index in [-0.39, 0.29) is 18.3 Å². The molecule has 0 heterocycles. The molecule has 0 saturated heterocycles. The van der Waals surface area contributed by atoms with Crippen LogP contribution in [0.25, 0.3) is 0 Å². The summed E-state index contributed by atoms with van der Waals surface area (Å²) in [5.74, 6) is -0.607. The van der Waals surface area contributed by atoms with Crippen LogP contribution in [0.1, 0.15) is 5.56 Å². The molecule has 0 atom stereocenters. The van der Waals surface area contributed by atoms with Gasteiger partial charge in [-0.25, -0.2) is 4.39 Å². The number of para-hydroxylation sites is 2. The quantitative estimate of drug-likeness (QED) is 0.608. The molecule has 0 aliphatic heterocycles. The smallest absolute Gasteiger partial charge is 0.272 e. The van der Waals surface area contributed by atoms with Crippen LogP contribution in [0.2, 0.25) is 0 Å². The van der Waals surface area contributed by atoms with Gasteiger partial charge in [-0.3, -0.25) is 4.79 Å². The Hall–Kier alpha value is -2.89. The summed E-state index contributed by atoms with van der Waals surface area (Å²) in [7, 11) is 2.98. The van der Waals surface area contributed by atoms with E-state index in [0.29, 0.717) is 5.69 Å². The van der Waals surface area contributed by atoms with Gasteiger partial charge in [0.15, 0.2) is 11.6 Å². The van der Waals surface area contributed by atoms with Crippen molar-refractivity contribution in [2.75, 3.05) is 19.1 Å². The second-order valence-corrected chi connectivity index (χ2v) is 4.66. The first-order valence-electron chi connectivity index (χ1n) is 6.93. The largest absolute Gasteiger partial charge is 0.486 e. The number of carbonyl (C=O) groups excluding carboxylic acids is 1. The van der Waals surface area contributed by atoms with Crippen molar-refractivity contribution >= 4 is 17.8 Å². The van der Waals surface area contributed by atoms with E-state index in [9.17, 15) is 9.18 Å². The van der Waals surface area contributed by atoms with Crippen molar-refractivity contribution in [3.05, 3.63) is 59.9 Å². The van der Waals surface area contributed by atoms with E-state index in [4.69, 9.17) is 4.74 Å². The second kappa shape index (κ2) is 7.93. The van der Waals surface area contributed by atoms with Crippen molar-refractivity contribution in [2.24, 2.45) is 5.16 Å². The zero-order valence-electron chi connectivity index (χ0n) is 12.9. The molecule has 0 aliphatic carbocycles. The van der Waals surface area contributed by atoms with Gasteiger partial charge in [-0.2, -0.15) is 0 Å². The molecule has 0 N–H and O–H groups in total. The molecule has 0 aliphatic rings. The van der Waals surface area contributed by atoms with Gasteiger partial charge in [0.05, 0.1) is 5.69 Å². The summed E-state index contributed by atoms with van der Waals surface area (Å²) in [5, 5.41) is 3.46. The van der Waals surface area contributed by atoms with Crippen molar-refractivity contribution in [1.82, 2.24) is 0 Å². The van der Waals surface area contributed by atoms with Crippen LogP contribution in [-0.4, -0.2) is 26.3 Å². The molecule has 0 fully saturated rings. The first-order valence-corrected chi connectivity index (χ1v) is 6.93. The average Bonchev–Trinajstić information content (AvgIpc) is 2.58. The van der Waals surface area contributed by atoms with E-state index in [1.165, 1.54) is 18.1 Å². The van der Waals surface area contributed by atoms with E-state index in [2.05, 4.69) is 9.99 Å². The number of hydrogen-bond donors (Lipinski definition) is 0. The highest BCUT2D eigenvalue weighted by Gasteiger charge is 2.13. The highest BCUT2D eigenvalue weighted by Crippen LogP contribution is 2.23. The molecule has 5 nitrogen and oxygen atoms in total. The Kier molecular flexibility index (Phi) is 5.68. The van der Waals surface area contributed by atoms with Crippen LogP contribution in [0.3, 0.4) is 0 Å². The van der Waals surface area contributed by atoms with Crippen LogP contribution in [0.15, 0.2) is 53.7 Å². The van der Waals surface area contributed by atoms with Gasteiger partial charge in [-0.05, 0) is 18.2 Å². The number of halogens is 1. The van der Waals surface area contributed by atoms with Crippen molar-refractivity contribution < 1.29 is 18.8 Å². The average molecular weight is 316 g/mol. The van der Waals surface area contributed by atoms with Gasteiger partial charge in [0, 0.05) is 12.6 Å². The minimum atomic E-state index is -0.429. The number of amides is 1. The fourth-order valence-electron chi connectivity index (χ4n) is 1.98. The van der Waals surface area contributed by atoms with E-state index in [1.807, 2.05) is 12.1 Å². The van der Waals surface area contributed by atoms with Gasteiger partial charge >= 0.3 is 0 Å². The Morgan fingerprint density at radius 2 is 1.91 bits per heavy atom. The Morgan fingerprint density at radius 3 is 2.65 bits per heavy atom. The van der Waals surface area contributed by atoms with Crippen LogP contribution in [0, 0.1) is 5.82 Å². The summed E-state index contributed by atoms with van der Waals surface area (Å²) >= 11 is 0. The summed E-state index contributed by atoms with van der Waals surface area (Å²) in [6.45, 7) is 0.135. The number of nitrogens with zero attached hydrogens (tertiary/aromatic N) is 2. The Labute approximate surface area is 133 Å². The molecule has 0 saturated carbocycles. The van der Waals surface area contributed by atoms with Crippen molar-refractivity contribution in [3.63, 3.8) is 0 Å². The number of benzene rings is 2. The van der Waals surface area contributed by atoms with Crippen LogP contribution < -0.4 is 9.64 Å². The van der Waals surface area contributed by atoms with Gasteiger partial charge in [-0.1, -0.05) is 35.5 Å². The summed E-state index contributed by atoms with van der Waals surface area (Å²) < 4.78 is 19.1. The molecule has 0 unspecified atom stereocenters. The summed E-state index contributed by atoms with van der Waals surface area (Å²) in [4.78, 5) is 17.9. The molecular formula is C17H17FN2O3. The molecule has 0 radical (unpaired) electrons. The van der Waals surface area contributed by atoms with Crippen molar-refractivity contribution in [2.45, 2.75) is 6.61 Å². The highest BCUT2D eigenvalue weighted by atomic mass is 19.1. The number of ether oxygens (including phenoxy) is 1. The van der Waals surface area contributed by atoms with E-state index in [0.717, 1.165) is 11.8 Å². The predicted octanol–water partition coefficient (Wildman–Crippen LogP) is 3.00. The van der Waals surface area contributed by atoms with Crippen molar-refractivity contribution in [1.29, 1.82) is 0 Å². The molecule has 2 aromatic carbocycles. The molecule has 2 rings (SSSR count). The van der Waals surface area contributed by atoms with Crippen LogP contribution in [0.4, 0.5) is 10.1 Å². The Bertz CT molecular complexity index is 704. The molecule has 6 heteroatoms. The third-order valence-electron chi connectivity index (χ3n) is 3.17. The van der Waals surface area contributed by atoms with E-state index >= 15 is 0 Å².